The summed E-state index contributed by atoms with van der Waals surface area (Å²) in [6.07, 6.45) is 8.37. The molecule has 0 atom stereocenters. The van der Waals surface area contributed by atoms with Crippen LogP contribution >= 0.6 is 12.2 Å². The lowest BCUT2D eigenvalue weighted by atomic mass is 10.2. The molecule has 0 aliphatic rings. The summed E-state index contributed by atoms with van der Waals surface area (Å²) in [5.41, 5.74) is 0. The van der Waals surface area contributed by atoms with E-state index < -0.39 is 0 Å². The first-order valence-electron chi connectivity index (χ1n) is 5.25. The van der Waals surface area contributed by atoms with Gasteiger partial charge in [-0.05, 0) is 31.4 Å². The Hall–Kier alpha value is -1.09. The Morgan fingerprint density at radius 2 is 2.20 bits per heavy atom. The van der Waals surface area contributed by atoms with Gasteiger partial charge in [-0.15, -0.1) is 6.58 Å². The number of hydrogen-bond acceptors (Lipinski definition) is 2. The molecule has 0 radical (unpaired) electrons. The van der Waals surface area contributed by atoms with Crippen LogP contribution < -0.4 is 0 Å². The SMILES string of the molecule is C=CCCCCCn1cccc(O)c1=S. The van der Waals surface area contributed by atoms with Crippen molar-refractivity contribution in [3.8, 4) is 5.75 Å². The number of aryl methyl sites for hydroxylation is 1. The van der Waals surface area contributed by atoms with Crippen molar-refractivity contribution in [1.82, 2.24) is 4.57 Å². The predicted octanol–water partition coefficient (Wildman–Crippen LogP) is 3.67. The van der Waals surface area contributed by atoms with Crippen LogP contribution in [0.1, 0.15) is 25.7 Å². The van der Waals surface area contributed by atoms with Crippen LogP contribution in [-0.4, -0.2) is 9.67 Å². The molecule has 0 unspecified atom stereocenters. The Balaban J connectivity index is 2.41. The molecule has 1 heterocycles. The first-order chi connectivity index (χ1) is 7.25. The molecule has 1 aromatic rings. The van der Waals surface area contributed by atoms with Gasteiger partial charge < -0.3 is 9.67 Å². The third kappa shape index (κ3) is 3.88. The predicted molar refractivity (Wildman–Crippen MR) is 65.6 cm³/mol. The van der Waals surface area contributed by atoms with Crippen molar-refractivity contribution in [1.29, 1.82) is 0 Å². The molecule has 2 nitrogen and oxygen atoms in total. The fourth-order valence-electron chi connectivity index (χ4n) is 1.45. The first kappa shape index (κ1) is 12.0. The van der Waals surface area contributed by atoms with E-state index in [0.717, 1.165) is 19.4 Å². The third-order valence-electron chi connectivity index (χ3n) is 2.31. The van der Waals surface area contributed by atoms with Gasteiger partial charge in [0.05, 0.1) is 0 Å². The fraction of sp³-hybridized carbons (Fsp3) is 0.417. The summed E-state index contributed by atoms with van der Waals surface area (Å²) in [5, 5.41) is 9.40. The van der Waals surface area contributed by atoms with Gasteiger partial charge in [-0.1, -0.05) is 24.7 Å². The first-order valence-corrected chi connectivity index (χ1v) is 5.66. The summed E-state index contributed by atoms with van der Waals surface area (Å²) >= 11 is 5.09. The minimum atomic E-state index is 0.193. The van der Waals surface area contributed by atoms with Crippen molar-refractivity contribution in [2.45, 2.75) is 32.2 Å². The molecule has 3 heteroatoms. The number of aromatic hydroxyl groups is 1. The van der Waals surface area contributed by atoms with E-state index in [9.17, 15) is 5.11 Å². The van der Waals surface area contributed by atoms with Crippen molar-refractivity contribution >= 4 is 12.2 Å². The second kappa shape index (κ2) is 6.40. The number of rotatable bonds is 6. The fourth-order valence-corrected chi connectivity index (χ4v) is 1.67. The average molecular weight is 223 g/mol. The topological polar surface area (TPSA) is 25.2 Å². The van der Waals surface area contributed by atoms with Gasteiger partial charge >= 0.3 is 0 Å². The summed E-state index contributed by atoms with van der Waals surface area (Å²) in [4.78, 5) is 0. The Bertz CT molecular complexity index is 370. The smallest absolute Gasteiger partial charge is 0.150 e. The lowest BCUT2D eigenvalue weighted by molar-refractivity contribution is 0.459. The van der Waals surface area contributed by atoms with Gasteiger partial charge in [-0.25, -0.2) is 0 Å². The van der Waals surface area contributed by atoms with E-state index >= 15 is 0 Å². The van der Waals surface area contributed by atoms with Crippen LogP contribution in [-0.2, 0) is 6.54 Å². The van der Waals surface area contributed by atoms with Gasteiger partial charge in [-0.2, -0.15) is 0 Å². The summed E-state index contributed by atoms with van der Waals surface area (Å²) in [7, 11) is 0. The van der Waals surface area contributed by atoms with Gasteiger partial charge in [0.15, 0.2) is 0 Å². The Labute approximate surface area is 95.9 Å². The van der Waals surface area contributed by atoms with Crippen molar-refractivity contribution < 1.29 is 5.11 Å². The number of aromatic nitrogens is 1. The third-order valence-corrected chi connectivity index (χ3v) is 2.75. The number of unbranched alkanes of at least 4 members (excludes halogenated alkanes) is 3. The Morgan fingerprint density at radius 1 is 1.40 bits per heavy atom. The van der Waals surface area contributed by atoms with Gasteiger partial charge in [0.2, 0.25) is 0 Å². The van der Waals surface area contributed by atoms with Gasteiger partial charge in [0, 0.05) is 12.7 Å². The van der Waals surface area contributed by atoms with Crippen LogP contribution in [0.4, 0.5) is 0 Å². The van der Waals surface area contributed by atoms with E-state index in [2.05, 4.69) is 6.58 Å². The van der Waals surface area contributed by atoms with E-state index in [4.69, 9.17) is 12.2 Å². The van der Waals surface area contributed by atoms with E-state index in [1.807, 2.05) is 22.9 Å². The molecule has 15 heavy (non-hydrogen) atoms. The standard InChI is InChI=1S/C12H17NOS/c1-2-3-4-5-6-9-13-10-7-8-11(14)12(13)15/h2,7-8,10,14H,1,3-6,9H2. The molecule has 0 aliphatic carbocycles. The monoisotopic (exact) mass is 223 g/mol. The zero-order valence-electron chi connectivity index (χ0n) is 8.85. The number of nitrogens with zero attached hydrogens (tertiary/aromatic N) is 1. The van der Waals surface area contributed by atoms with Crippen LogP contribution in [0.3, 0.4) is 0 Å². The van der Waals surface area contributed by atoms with E-state index in [1.54, 1.807) is 6.07 Å². The highest BCUT2D eigenvalue weighted by Crippen LogP contribution is 2.11. The van der Waals surface area contributed by atoms with E-state index in [-0.39, 0.29) is 5.75 Å². The van der Waals surface area contributed by atoms with Crippen LogP contribution in [0, 0.1) is 4.64 Å². The minimum Gasteiger partial charge on any atom is -0.505 e. The van der Waals surface area contributed by atoms with Crippen LogP contribution in [0.25, 0.3) is 0 Å². The molecule has 1 aromatic heterocycles. The average Bonchev–Trinajstić information content (AvgIpc) is 2.24. The molecule has 0 aromatic carbocycles. The van der Waals surface area contributed by atoms with Gasteiger partial charge in [0.25, 0.3) is 0 Å². The molecular weight excluding hydrogens is 206 g/mol. The van der Waals surface area contributed by atoms with Gasteiger partial charge in [0.1, 0.15) is 10.4 Å². The quantitative estimate of drug-likeness (QED) is 0.452. The highest BCUT2D eigenvalue weighted by atomic mass is 32.1. The molecular formula is C12H17NOS. The minimum absolute atomic E-state index is 0.193. The zero-order chi connectivity index (χ0) is 11.1. The molecule has 82 valence electrons. The van der Waals surface area contributed by atoms with Crippen molar-refractivity contribution in [2.75, 3.05) is 0 Å². The lowest BCUT2D eigenvalue weighted by Crippen LogP contribution is -1.99. The molecule has 0 spiro atoms. The van der Waals surface area contributed by atoms with Crippen molar-refractivity contribution in [2.24, 2.45) is 0 Å². The van der Waals surface area contributed by atoms with E-state index in [0.29, 0.717) is 4.64 Å². The Kier molecular flexibility index (Phi) is 5.12. The van der Waals surface area contributed by atoms with E-state index in [1.165, 1.54) is 12.8 Å². The number of pyridine rings is 1. The number of hydrogen-bond donors (Lipinski definition) is 1. The molecule has 0 saturated carbocycles. The normalized spacial score (nSPS) is 10.1. The van der Waals surface area contributed by atoms with Crippen LogP contribution in [0.5, 0.6) is 5.75 Å². The second-order valence-electron chi connectivity index (χ2n) is 3.53. The molecule has 0 bridgehead atoms. The van der Waals surface area contributed by atoms with Crippen LogP contribution in [0.2, 0.25) is 0 Å². The van der Waals surface area contributed by atoms with Gasteiger partial charge in [-0.3, -0.25) is 0 Å². The number of allylic oxidation sites excluding steroid dienone is 1. The second-order valence-corrected chi connectivity index (χ2v) is 3.92. The highest BCUT2D eigenvalue weighted by Gasteiger charge is 1.96. The van der Waals surface area contributed by atoms with Crippen LogP contribution in [0.15, 0.2) is 31.0 Å². The molecule has 0 saturated heterocycles. The summed E-state index contributed by atoms with van der Waals surface area (Å²) in [6, 6.07) is 3.44. The molecule has 1 N–H and O–H groups in total. The Morgan fingerprint density at radius 3 is 2.93 bits per heavy atom. The highest BCUT2D eigenvalue weighted by molar-refractivity contribution is 7.71. The summed E-state index contributed by atoms with van der Waals surface area (Å²) in [6.45, 7) is 4.57. The molecule has 0 amide bonds. The van der Waals surface area contributed by atoms with Crippen molar-refractivity contribution in [3.63, 3.8) is 0 Å². The lowest BCUT2D eigenvalue weighted by Gasteiger charge is -2.06. The maximum absolute atomic E-state index is 9.40. The summed E-state index contributed by atoms with van der Waals surface area (Å²) < 4.78 is 2.44. The molecule has 1 rings (SSSR count). The molecule has 0 fully saturated rings. The molecule has 0 aliphatic heterocycles. The largest absolute Gasteiger partial charge is 0.505 e. The van der Waals surface area contributed by atoms with Crippen molar-refractivity contribution in [3.05, 3.63) is 35.6 Å². The maximum Gasteiger partial charge on any atom is 0.150 e. The summed E-state index contributed by atoms with van der Waals surface area (Å²) in [5.74, 6) is 0.193. The zero-order valence-corrected chi connectivity index (χ0v) is 9.67. The maximum atomic E-state index is 9.40.